The molecule has 0 bridgehead atoms. The van der Waals surface area contributed by atoms with Crippen molar-refractivity contribution in [2.75, 3.05) is 0 Å². The summed E-state index contributed by atoms with van der Waals surface area (Å²) >= 11 is 0. The van der Waals surface area contributed by atoms with E-state index in [-0.39, 0.29) is 93.9 Å². The topological polar surface area (TPSA) is 241 Å². The molecular formula is C48H90O12Zn3. The van der Waals surface area contributed by atoms with E-state index in [1.54, 1.807) is 0 Å². The molecule has 360 valence electrons. The Balaban J connectivity index is -0.0000000786. The molecule has 0 saturated carbocycles. The van der Waals surface area contributed by atoms with Crippen LogP contribution in [0.5, 0.6) is 0 Å². The van der Waals surface area contributed by atoms with Crippen molar-refractivity contribution in [3.63, 3.8) is 0 Å². The summed E-state index contributed by atoms with van der Waals surface area (Å²) in [5.41, 5.74) is 0. The van der Waals surface area contributed by atoms with Crippen LogP contribution in [0.4, 0.5) is 0 Å². The summed E-state index contributed by atoms with van der Waals surface area (Å²) in [7, 11) is 0. The standard InChI is InChI=1S/6C8H16O2.3Zn/c6*1-3-5-6-7(4-2)8(9)10;;;/h6*7H,3-6H2,1-2H3,(H,9,10);;;/q;;;;;;3*+2/p-6. The number of carboxylic acids is 6. The molecule has 0 rings (SSSR count). The third-order valence-corrected chi connectivity index (χ3v) is 10.4. The van der Waals surface area contributed by atoms with E-state index in [0.717, 1.165) is 116 Å². The van der Waals surface area contributed by atoms with Crippen molar-refractivity contribution in [2.45, 2.75) is 237 Å². The number of rotatable bonds is 30. The molecule has 0 saturated heterocycles. The Bertz CT molecular complexity index is 816. The number of unbranched alkanes of at least 4 members (excludes halogenated alkanes) is 6. The Morgan fingerprint density at radius 2 is 0.349 bits per heavy atom. The average Bonchev–Trinajstić information content (AvgIpc) is 3.20. The first-order valence-corrected chi connectivity index (χ1v) is 23.6. The summed E-state index contributed by atoms with van der Waals surface area (Å²) in [5, 5.41) is 62.0. The fraction of sp³-hybridized carbons (Fsp3) is 0.875. The third-order valence-electron chi connectivity index (χ3n) is 10.4. The summed E-state index contributed by atoms with van der Waals surface area (Å²) in [5.74, 6) is -6.69. The fourth-order valence-electron chi connectivity index (χ4n) is 5.63. The van der Waals surface area contributed by atoms with Crippen LogP contribution in [0.3, 0.4) is 0 Å². The Kier molecular flexibility index (Phi) is 81.6. The summed E-state index contributed by atoms with van der Waals surface area (Å²) in [6, 6.07) is 0. The van der Waals surface area contributed by atoms with Gasteiger partial charge in [-0.3, -0.25) is 0 Å². The minimum atomic E-state index is -0.893. The number of hydrogen-bond acceptors (Lipinski definition) is 12. The van der Waals surface area contributed by atoms with Gasteiger partial charge >= 0.3 is 58.4 Å². The number of hydrogen-bond donors (Lipinski definition) is 0. The molecule has 6 atom stereocenters. The summed E-state index contributed by atoms with van der Waals surface area (Å²) in [6.07, 6.45) is 21.1. The molecule has 0 aliphatic heterocycles. The van der Waals surface area contributed by atoms with Gasteiger partial charge < -0.3 is 59.4 Å². The Morgan fingerprint density at radius 3 is 0.397 bits per heavy atom. The van der Waals surface area contributed by atoms with Crippen LogP contribution in [0.25, 0.3) is 0 Å². The van der Waals surface area contributed by atoms with Crippen molar-refractivity contribution in [2.24, 2.45) is 35.5 Å². The van der Waals surface area contributed by atoms with Crippen molar-refractivity contribution in [1.82, 2.24) is 0 Å². The van der Waals surface area contributed by atoms with E-state index in [0.29, 0.717) is 38.5 Å². The van der Waals surface area contributed by atoms with E-state index < -0.39 is 35.8 Å². The molecule has 0 N–H and O–H groups in total. The van der Waals surface area contributed by atoms with E-state index in [9.17, 15) is 59.4 Å². The van der Waals surface area contributed by atoms with Gasteiger partial charge in [0.15, 0.2) is 0 Å². The van der Waals surface area contributed by atoms with Crippen LogP contribution in [-0.4, -0.2) is 35.8 Å². The molecule has 0 aliphatic rings. The molecule has 0 aromatic heterocycles. The maximum Gasteiger partial charge on any atom is 2.00 e. The van der Waals surface area contributed by atoms with Crippen LogP contribution >= 0.6 is 0 Å². The average molecular weight is 1060 g/mol. The molecule has 0 fully saturated rings. The number of carbonyl (C=O) groups is 6. The van der Waals surface area contributed by atoms with Crippen LogP contribution in [0.15, 0.2) is 0 Å². The summed E-state index contributed by atoms with van der Waals surface area (Å²) in [4.78, 5) is 62.0. The number of aliphatic carboxylic acids is 6. The fourth-order valence-corrected chi connectivity index (χ4v) is 5.63. The van der Waals surface area contributed by atoms with E-state index in [2.05, 4.69) is 41.5 Å². The number of carboxylic acid groups (broad SMARTS) is 6. The molecule has 0 aliphatic carbocycles. The van der Waals surface area contributed by atoms with Crippen LogP contribution in [0.2, 0.25) is 0 Å². The van der Waals surface area contributed by atoms with Crippen LogP contribution in [0, 0.1) is 35.5 Å². The summed E-state index contributed by atoms with van der Waals surface area (Å²) < 4.78 is 0. The molecule has 6 unspecified atom stereocenters. The van der Waals surface area contributed by atoms with Gasteiger partial charge in [-0.05, 0) is 113 Å². The van der Waals surface area contributed by atoms with Gasteiger partial charge in [0.05, 0.1) is 0 Å². The van der Waals surface area contributed by atoms with Gasteiger partial charge in [-0.25, -0.2) is 0 Å². The third kappa shape index (κ3) is 60.7. The van der Waals surface area contributed by atoms with Crippen molar-refractivity contribution in [3.8, 4) is 0 Å². The van der Waals surface area contributed by atoms with E-state index >= 15 is 0 Å². The van der Waals surface area contributed by atoms with Crippen molar-refractivity contribution in [3.05, 3.63) is 0 Å². The molecule has 0 aromatic rings. The minimum Gasteiger partial charge on any atom is -0.550 e. The SMILES string of the molecule is CCCCC(CC)C(=O)[O-].CCCCC(CC)C(=O)[O-].CCCCC(CC)C(=O)[O-].CCCCC(CC)C(=O)[O-].CCCCC(CC)C(=O)[O-].CCCCC(CC)C(=O)[O-].[Zn+2].[Zn+2].[Zn+2]. The van der Waals surface area contributed by atoms with Crippen molar-refractivity contribution >= 4 is 35.8 Å². The first-order chi connectivity index (χ1) is 28.3. The monoisotopic (exact) mass is 1050 g/mol. The zero-order valence-electron chi connectivity index (χ0n) is 42.5. The molecule has 0 aromatic carbocycles. The molecule has 15 heteroatoms. The minimum absolute atomic E-state index is 0. The predicted molar refractivity (Wildman–Crippen MR) is 230 cm³/mol. The normalized spacial score (nSPS) is 12.4. The molecular weight excluding hydrogens is 965 g/mol. The molecule has 63 heavy (non-hydrogen) atoms. The van der Waals surface area contributed by atoms with Crippen molar-refractivity contribution < 1.29 is 118 Å². The second-order valence-electron chi connectivity index (χ2n) is 15.4. The Labute approximate surface area is 423 Å². The van der Waals surface area contributed by atoms with Gasteiger partial charge in [0, 0.05) is 35.8 Å². The van der Waals surface area contributed by atoms with Gasteiger partial charge in [-0.1, -0.05) is 160 Å². The second-order valence-corrected chi connectivity index (χ2v) is 15.4. The van der Waals surface area contributed by atoms with E-state index in [1.807, 2.05) is 41.5 Å². The molecule has 0 radical (unpaired) electrons. The van der Waals surface area contributed by atoms with Crippen molar-refractivity contribution in [1.29, 1.82) is 0 Å². The van der Waals surface area contributed by atoms with Gasteiger partial charge in [-0.2, -0.15) is 0 Å². The first kappa shape index (κ1) is 81.8. The molecule has 0 heterocycles. The molecule has 0 spiro atoms. The quantitative estimate of drug-likeness (QED) is 0.0787. The first-order valence-electron chi connectivity index (χ1n) is 23.6. The van der Waals surface area contributed by atoms with Gasteiger partial charge in [-0.15, -0.1) is 0 Å². The Morgan fingerprint density at radius 1 is 0.254 bits per heavy atom. The van der Waals surface area contributed by atoms with Crippen LogP contribution < -0.4 is 30.6 Å². The van der Waals surface area contributed by atoms with Gasteiger partial charge in [0.2, 0.25) is 0 Å². The second kappa shape index (κ2) is 62.8. The zero-order valence-corrected chi connectivity index (χ0v) is 51.4. The predicted octanol–water partition coefficient (Wildman–Crippen LogP) is 5.71. The maximum absolute atomic E-state index is 10.3. The Hall–Kier alpha value is -1.31. The molecule has 12 nitrogen and oxygen atoms in total. The van der Waals surface area contributed by atoms with E-state index in [1.165, 1.54) is 0 Å². The van der Waals surface area contributed by atoms with E-state index in [4.69, 9.17) is 0 Å². The van der Waals surface area contributed by atoms with Gasteiger partial charge in [0.1, 0.15) is 0 Å². The molecule has 0 amide bonds. The number of carbonyl (C=O) groups excluding carboxylic acids is 6. The van der Waals surface area contributed by atoms with Crippen LogP contribution in [-0.2, 0) is 87.2 Å². The van der Waals surface area contributed by atoms with Gasteiger partial charge in [0.25, 0.3) is 0 Å². The zero-order chi connectivity index (χ0) is 47.9. The maximum atomic E-state index is 10.3. The summed E-state index contributed by atoms with van der Waals surface area (Å²) in [6.45, 7) is 23.7. The smallest absolute Gasteiger partial charge is 0.550 e. The van der Waals surface area contributed by atoms with Crippen LogP contribution in [0.1, 0.15) is 237 Å². The largest absolute Gasteiger partial charge is 2.00 e.